The largest absolute Gasteiger partial charge is 0.494 e. The van der Waals surface area contributed by atoms with Gasteiger partial charge in [-0.25, -0.2) is 0 Å². The second-order valence-electron chi connectivity index (χ2n) is 4.62. The van der Waals surface area contributed by atoms with Crippen molar-refractivity contribution in [2.75, 3.05) is 12.4 Å². The van der Waals surface area contributed by atoms with Crippen LogP contribution in [0.5, 0.6) is 5.75 Å². The maximum atomic E-state index is 12.0. The Morgan fingerprint density at radius 3 is 2.53 bits per heavy atom. The molecule has 0 spiro atoms. The summed E-state index contributed by atoms with van der Waals surface area (Å²) in [6.45, 7) is 7.68. The molecule has 0 heterocycles. The Hall–Kier alpha value is -2.02. The van der Waals surface area contributed by atoms with Gasteiger partial charge in [0.25, 0.3) is 0 Å². The number of nitriles is 1. The number of aryl methyl sites for hydroxylation is 2. The number of hydrogen-bond donors (Lipinski definition) is 1. The fourth-order valence-corrected chi connectivity index (χ4v) is 2.01. The third-order valence-corrected chi connectivity index (χ3v) is 3.32. The van der Waals surface area contributed by atoms with Crippen molar-refractivity contribution < 1.29 is 9.53 Å². The molecule has 1 aromatic carbocycles. The van der Waals surface area contributed by atoms with Gasteiger partial charge in [0.2, 0.25) is 5.91 Å². The predicted octanol–water partition coefficient (Wildman–Crippen LogP) is 3.11. The number of ether oxygens (including phenoxy) is 1. The van der Waals surface area contributed by atoms with Crippen molar-refractivity contribution in [2.45, 2.75) is 34.1 Å². The topological polar surface area (TPSA) is 62.1 Å². The Morgan fingerprint density at radius 1 is 1.42 bits per heavy atom. The Kier molecular flexibility index (Phi) is 4.94. The van der Waals surface area contributed by atoms with E-state index in [1.54, 1.807) is 7.11 Å². The van der Waals surface area contributed by atoms with Gasteiger partial charge in [-0.15, -0.1) is 0 Å². The zero-order valence-corrected chi connectivity index (χ0v) is 12.1. The number of carbonyl (C=O) groups excluding carboxylic acids is 1. The SMILES string of the molecule is CCC(C#N)C(=O)Nc1c(C)cc(C)c(C)c1OC. The van der Waals surface area contributed by atoms with E-state index in [0.717, 1.165) is 16.7 Å². The van der Waals surface area contributed by atoms with Crippen molar-refractivity contribution in [2.24, 2.45) is 5.92 Å². The third kappa shape index (κ3) is 3.05. The van der Waals surface area contributed by atoms with Gasteiger partial charge in [0.15, 0.2) is 0 Å². The number of nitrogens with one attached hydrogen (secondary N) is 1. The molecule has 4 nitrogen and oxygen atoms in total. The molecule has 0 radical (unpaired) electrons. The lowest BCUT2D eigenvalue weighted by molar-refractivity contribution is -0.118. The summed E-state index contributed by atoms with van der Waals surface area (Å²) in [5.41, 5.74) is 3.69. The lowest BCUT2D eigenvalue weighted by Gasteiger charge is -2.18. The molecule has 1 rings (SSSR count). The van der Waals surface area contributed by atoms with Gasteiger partial charge in [-0.05, 0) is 43.9 Å². The highest BCUT2D eigenvalue weighted by Gasteiger charge is 2.20. The molecule has 4 heteroatoms. The zero-order valence-electron chi connectivity index (χ0n) is 12.1. The van der Waals surface area contributed by atoms with Crippen molar-refractivity contribution in [3.63, 3.8) is 0 Å². The van der Waals surface area contributed by atoms with Gasteiger partial charge in [-0.2, -0.15) is 5.26 Å². The molecule has 0 aliphatic carbocycles. The smallest absolute Gasteiger partial charge is 0.241 e. The number of carbonyl (C=O) groups is 1. The highest BCUT2D eigenvalue weighted by Crippen LogP contribution is 2.34. The first-order valence-electron chi connectivity index (χ1n) is 6.31. The van der Waals surface area contributed by atoms with Crippen LogP contribution in [0.15, 0.2) is 6.07 Å². The molecule has 0 bridgehead atoms. The second kappa shape index (κ2) is 6.24. The molecule has 0 aliphatic heterocycles. The van der Waals surface area contributed by atoms with Crippen LogP contribution in [-0.2, 0) is 4.79 Å². The van der Waals surface area contributed by atoms with Crippen LogP contribution in [0.25, 0.3) is 0 Å². The first-order valence-corrected chi connectivity index (χ1v) is 6.31. The summed E-state index contributed by atoms with van der Waals surface area (Å²) >= 11 is 0. The molecule has 0 aromatic heterocycles. The first kappa shape index (κ1) is 15.0. The van der Waals surface area contributed by atoms with Gasteiger partial charge < -0.3 is 10.1 Å². The number of rotatable bonds is 4. The maximum absolute atomic E-state index is 12.0. The van der Waals surface area contributed by atoms with Gasteiger partial charge in [-0.3, -0.25) is 4.79 Å². The maximum Gasteiger partial charge on any atom is 0.241 e. The molecule has 0 saturated carbocycles. The van der Waals surface area contributed by atoms with Crippen LogP contribution in [0, 0.1) is 38.0 Å². The third-order valence-electron chi connectivity index (χ3n) is 3.32. The highest BCUT2D eigenvalue weighted by molar-refractivity contribution is 5.96. The number of methoxy groups -OCH3 is 1. The second-order valence-corrected chi connectivity index (χ2v) is 4.62. The number of amides is 1. The summed E-state index contributed by atoms with van der Waals surface area (Å²) in [6.07, 6.45) is 0.495. The molecule has 19 heavy (non-hydrogen) atoms. The van der Waals surface area contributed by atoms with E-state index in [-0.39, 0.29) is 5.91 Å². The molecule has 0 aliphatic rings. The molecule has 1 N–H and O–H groups in total. The van der Waals surface area contributed by atoms with E-state index in [1.165, 1.54) is 0 Å². The average Bonchev–Trinajstić information content (AvgIpc) is 2.37. The highest BCUT2D eigenvalue weighted by atomic mass is 16.5. The van der Waals surface area contributed by atoms with E-state index in [1.807, 2.05) is 39.8 Å². The average molecular weight is 260 g/mol. The predicted molar refractivity (Wildman–Crippen MR) is 75.2 cm³/mol. The van der Waals surface area contributed by atoms with Crippen molar-refractivity contribution >= 4 is 11.6 Å². The summed E-state index contributed by atoms with van der Waals surface area (Å²) in [4.78, 5) is 12.0. The van der Waals surface area contributed by atoms with Gasteiger partial charge in [0.05, 0.1) is 18.9 Å². The fraction of sp³-hybridized carbons (Fsp3) is 0.467. The molecule has 1 aromatic rings. The molecular weight excluding hydrogens is 240 g/mol. The minimum absolute atomic E-state index is 0.283. The Labute approximate surface area is 114 Å². The van der Waals surface area contributed by atoms with Crippen LogP contribution in [0.1, 0.15) is 30.0 Å². The van der Waals surface area contributed by atoms with Crippen molar-refractivity contribution in [3.8, 4) is 11.8 Å². The monoisotopic (exact) mass is 260 g/mol. The van der Waals surface area contributed by atoms with E-state index >= 15 is 0 Å². The van der Waals surface area contributed by atoms with Crippen molar-refractivity contribution in [1.82, 2.24) is 0 Å². The van der Waals surface area contributed by atoms with Crippen LogP contribution in [0.3, 0.4) is 0 Å². The lowest BCUT2D eigenvalue weighted by atomic mass is 10.0. The van der Waals surface area contributed by atoms with E-state index in [0.29, 0.717) is 17.9 Å². The van der Waals surface area contributed by atoms with Crippen molar-refractivity contribution in [3.05, 3.63) is 22.8 Å². The summed E-state index contributed by atoms with van der Waals surface area (Å²) in [5, 5.41) is 11.7. The van der Waals surface area contributed by atoms with E-state index in [2.05, 4.69) is 5.32 Å². The molecule has 0 saturated heterocycles. The molecule has 1 atom stereocenters. The Balaban J connectivity index is 3.18. The van der Waals surface area contributed by atoms with Crippen LogP contribution < -0.4 is 10.1 Å². The summed E-state index contributed by atoms with van der Waals surface area (Å²) < 4.78 is 5.39. The molecule has 0 fully saturated rings. The summed E-state index contributed by atoms with van der Waals surface area (Å²) in [6, 6.07) is 4.00. The van der Waals surface area contributed by atoms with Gasteiger partial charge in [0, 0.05) is 0 Å². The number of anilines is 1. The van der Waals surface area contributed by atoms with Gasteiger partial charge >= 0.3 is 0 Å². The minimum Gasteiger partial charge on any atom is -0.494 e. The van der Waals surface area contributed by atoms with Crippen LogP contribution in [0.2, 0.25) is 0 Å². The first-order chi connectivity index (χ1) is 8.96. The number of nitrogens with zero attached hydrogens (tertiary/aromatic N) is 1. The van der Waals surface area contributed by atoms with Crippen LogP contribution >= 0.6 is 0 Å². The van der Waals surface area contributed by atoms with E-state index < -0.39 is 5.92 Å². The lowest BCUT2D eigenvalue weighted by Crippen LogP contribution is -2.22. The normalized spacial score (nSPS) is 11.6. The Morgan fingerprint density at radius 2 is 2.05 bits per heavy atom. The van der Waals surface area contributed by atoms with Crippen molar-refractivity contribution in [1.29, 1.82) is 5.26 Å². The number of benzene rings is 1. The van der Waals surface area contributed by atoms with Gasteiger partial charge in [-0.1, -0.05) is 13.0 Å². The minimum atomic E-state index is -0.634. The number of hydrogen-bond acceptors (Lipinski definition) is 3. The quantitative estimate of drug-likeness (QED) is 0.904. The standard InChI is InChI=1S/C15H20N2O2/c1-6-12(8-16)15(18)17-13-10(3)7-9(2)11(4)14(13)19-5/h7,12H,6H2,1-5H3,(H,17,18). The van der Waals surface area contributed by atoms with Crippen LogP contribution in [0.4, 0.5) is 5.69 Å². The zero-order chi connectivity index (χ0) is 14.6. The molecule has 102 valence electrons. The molecular formula is C15H20N2O2. The molecule has 1 unspecified atom stereocenters. The molecule has 1 amide bonds. The van der Waals surface area contributed by atoms with E-state index in [9.17, 15) is 4.79 Å². The summed E-state index contributed by atoms with van der Waals surface area (Å²) in [5.74, 6) is -0.251. The van der Waals surface area contributed by atoms with Crippen LogP contribution in [-0.4, -0.2) is 13.0 Å². The van der Waals surface area contributed by atoms with Gasteiger partial charge in [0.1, 0.15) is 11.7 Å². The van der Waals surface area contributed by atoms with E-state index in [4.69, 9.17) is 10.00 Å². The Bertz CT molecular complexity index is 530. The summed E-state index contributed by atoms with van der Waals surface area (Å²) in [7, 11) is 1.58. The fourth-order valence-electron chi connectivity index (χ4n) is 2.01.